The fourth-order valence-electron chi connectivity index (χ4n) is 1.21. The lowest BCUT2D eigenvalue weighted by Crippen LogP contribution is -2.13. The Morgan fingerprint density at radius 2 is 1.93 bits per heavy atom. The molecule has 0 amide bonds. The van der Waals surface area contributed by atoms with Gasteiger partial charge >= 0.3 is 0 Å². The maximum absolute atomic E-state index is 9.54. The molecule has 0 bridgehead atoms. The number of aromatic hydroxyl groups is 1. The molecule has 0 saturated carbocycles. The predicted octanol–water partition coefficient (Wildman–Crippen LogP) is 0.956. The van der Waals surface area contributed by atoms with Crippen LogP contribution in [0.15, 0.2) is 4.42 Å². The van der Waals surface area contributed by atoms with Crippen LogP contribution >= 0.6 is 0 Å². The lowest BCUT2D eigenvalue weighted by Gasteiger charge is -2.05. The number of ether oxygens (including phenoxy) is 2. The zero-order valence-electron chi connectivity index (χ0n) is 9.08. The summed E-state index contributed by atoms with van der Waals surface area (Å²) in [4.78, 5) is 0. The number of furan rings is 1. The lowest BCUT2D eigenvalue weighted by atomic mass is 10.4. The Labute approximate surface area is 88.8 Å². The summed E-state index contributed by atoms with van der Waals surface area (Å²) in [5, 5.41) is 9.54. The van der Waals surface area contributed by atoms with Crippen LogP contribution in [0.4, 0.5) is 0 Å². The van der Waals surface area contributed by atoms with Crippen LogP contribution in [0.1, 0.15) is 11.5 Å². The highest BCUT2D eigenvalue weighted by Crippen LogP contribution is 2.35. The minimum absolute atomic E-state index is 0.0614. The van der Waals surface area contributed by atoms with Crippen molar-refractivity contribution in [2.45, 2.75) is 13.8 Å². The molecular formula is C10H17NO4. The quantitative estimate of drug-likeness (QED) is 0.691. The van der Waals surface area contributed by atoms with Crippen LogP contribution in [-0.4, -0.2) is 31.5 Å². The molecule has 0 aliphatic carbocycles. The smallest absolute Gasteiger partial charge is 0.202 e. The van der Waals surface area contributed by atoms with E-state index >= 15 is 0 Å². The summed E-state index contributed by atoms with van der Waals surface area (Å²) in [6.45, 7) is 5.24. The highest BCUT2D eigenvalue weighted by molar-refractivity contribution is 5.43. The van der Waals surface area contributed by atoms with E-state index in [1.54, 1.807) is 13.8 Å². The average molecular weight is 215 g/mol. The largest absolute Gasteiger partial charge is 0.502 e. The van der Waals surface area contributed by atoms with Crippen LogP contribution in [0.25, 0.3) is 0 Å². The molecule has 5 heteroatoms. The molecule has 15 heavy (non-hydrogen) atoms. The topological polar surface area (TPSA) is 77.9 Å². The molecule has 1 aromatic heterocycles. The zero-order chi connectivity index (χ0) is 11.3. The van der Waals surface area contributed by atoms with E-state index in [4.69, 9.17) is 19.6 Å². The van der Waals surface area contributed by atoms with E-state index in [9.17, 15) is 5.11 Å². The SMILES string of the molecule is Cc1oc(C)c(OCCOCCN)c1O. The molecule has 0 atom stereocenters. The molecule has 0 unspecified atom stereocenters. The molecule has 0 fully saturated rings. The van der Waals surface area contributed by atoms with E-state index < -0.39 is 0 Å². The normalized spacial score (nSPS) is 10.6. The first-order valence-corrected chi connectivity index (χ1v) is 4.86. The van der Waals surface area contributed by atoms with Crippen molar-refractivity contribution < 1.29 is 19.0 Å². The van der Waals surface area contributed by atoms with E-state index in [-0.39, 0.29) is 5.75 Å². The van der Waals surface area contributed by atoms with Crippen molar-refractivity contribution in [1.82, 2.24) is 0 Å². The van der Waals surface area contributed by atoms with E-state index in [1.807, 2.05) is 0 Å². The van der Waals surface area contributed by atoms with Crippen LogP contribution in [0.3, 0.4) is 0 Å². The van der Waals surface area contributed by atoms with Crippen molar-refractivity contribution in [2.24, 2.45) is 5.73 Å². The molecule has 0 aliphatic heterocycles. The molecule has 3 N–H and O–H groups in total. The van der Waals surface area contributed by atoms with Gasteiger partial charge in [0.2, 0.25) is 5.75 Å². The van der Waals surface area contributed by atoms with E-state index in [0.29, 0.717) is 43.6 Å². The van der Waals surface area contributed by atoms with Crippen LogP contribution in [0.5, 0.6) is 11.5 Å². The number of hydrogen-bond acceptors (Lipinski definition) is 5. The first-order chi connectivity index (χ1) is 7.16. The van der Waals surface area contributed by atoms with Crippen LogP contribution in [0.2, 0.25) is 0 Å². The molecule has 0 aromatic carbocycles. The summed E-state index contributed by atoms with van der Waals surface area (Å²) < 4.78 is 15.6. The van der Waals surface area contributed by atoms with Gasteiger partial charge in [-0.25, -0.2) is 0 Å². The Kier molecular flexibility index (Phi) is 4.45. The van der Waals surface area contributed by atoms with Crippen molar-refractivity contribution in [3.05, 3.63) is 11.5 Å². The second-order valence-corrected chi connectivity index (χ2v) is 3.14. The fourth-order valence-corrected chi connectivity index (χ4v) is 1.21. The Hall–Kier alpha value is -1.20. The number of aryl methyl sites for hydroxylation is 2. The van der Waals surface area contributed by atoms with Gasteiger partial charge in [0.15, 0.2) is 5.75 Å². The Morgan fingerprint density at radius 1 is 1.20 bits per heavy atom. The fraction of sp³-hybridized carbons (Fsp3) is 0.600. The van der Waals surface area contributed by atoms with E-state index in [1.165, 1.54) is 0 Å². The first-order valence-electron chi connectivity index (χ1n) is 4.86. The van der Waals surface area contributed by atoms with Gasteiger partial charge in [-0.15, -0.1) is 0 Å². The van der Waals surface area contributed by atoms with Crippen molar-refractivity contribution in [3.63, 3.8) is 0 Å². The standard InChI is InChI=1S/C10H17NO4/c1-7-9(12)10(8(2)15-7)14-6-5-13-4-3-11/h12H,3-6,11H2,1-2H3. The van der Waals surface area contributed by atoms with Gasteiger partial charge in [-0.1, -0.05) is 0 Å². The molecule has 1 rings (SSSR count). The monoisotopic (exact) mass is 215 g/mol. The molecule has 86 valence electrons. The molecule has 5 nitrogen and oxygen atoms in total. The van der Waals surface area contributed by atoms with Crippen molar-refractivity contribution in [2.75, 3.05) is 26.4 Å². The van der Waals surface area contributed by atoms with Gasteiger partial charge in [-0.3, -0.25) is 0 Å². The number of rotatable bonds is 6. The highest BCUT2D eigenvalue weighted by atomic mass is 16.5. The van der Waals surface area contributed by atoms with Crippen molar-refractivity contribution in [3.8, 4) is 11.5 Å². The van der Waals surface area contributed by atoms with Gasteiger partial charge in [-0.2, -0.15) is 0 Å². The molecule has 0 saturated heterocycles. The number of hydrogen-bond donors (Lipinski definition) is 2. The Morgan fingerprint density at radius 3 is 2.47 bits per heavy atom. The Bertz CT molecular complexity index is 309. The summed E-state index contributed by atoms with van der Waals surface area (Å²) in [6, 6.07) is 0. The van der Waals surface area contributed by atoms with Gasteiger partial charge in [-0.05, 0) is 13.8 Å². The van der Waals surface area contributed by atoms with E-state index in [2.05, 4.69) is 0 Å². The van der Waals surface area contributed by atoms with E-state index in [0.717, 1.165) is 0 Å². The summed E-state index contributed by atoms with van der Waals surface area (Å²) in [5.74, 6) is 1.49. The summed E-state index contributed by atoms with van der Waals surface area (Å²) in [7, 11) is 0. The average Bonchev–Trinajstić information content (AvgIpc) is 2.44. The zero-order valence-corrected chi connectivity index (χ0v) is 9.08. The Balaban J connectivity index is 2.37. The maximum Gasteiger partial charge on any atom is 0.202 e. The van der Waals surface area contributed by atoms with Crippen LogP contribution in [0, 0.1) is 13.8 Å². The summed E-state index contributed by atoms with van der Waals surface area (Å²) >= 11 is 0. The van der Waals surface area contributed by atoms with Gasteiger partial charge < -0.3 is 24.7 Å². The molecule has 1 heterocycles. The van der Waals surface area contributed by atoms with Gasteiger partial charge in [0.1, 0.15) is 18.1 Å². The molecule has 0 aliphatic rings. The van der Waals surface area contributed by atoms with Crippen LogP contribution < -0.4 is 10.5 Å². The number of nitrogens with two attached hydrogens (primary N) is 1. The van der Waals surface area contributed by atoms with Gasteiger partial charge in [0, 0.05) is 6.54 Å². The van der Waals surface area contributed by atoms with Gasteiger partial charge in [0.25, 0.3) is 0 Å². The molecular weight excluding hydrogens is 198 g/mol. The minimum Gasteiger partial charge on any atom is -0.502 e. The second kappa shape index (κ2) is 5.63. The van der Waals surface area contributed by atoms with Gasteiger partial charge in [0.05, 0.1) is 13.2 Å². The third kappa shape index (κ3) is 3.14. The molecule has 0 spiro atoms. The van der Waals surface area contributed by atoms with Crippen LogP contribution in [-0.2, 0) is 4.74 Å². The third-order valence-electron chi connectivity index (χ3n) is 1.91. The summed E-state index contributed by atoms with van der Waals surface area (Å²) in [6.07, 6.45) is 0. The van der Waals surface area contributed by atoms with Crippen molar-refractivity contribution in [1.29, 1.82) is 0 Å². The second-order valence-electron chi connectivity index (χ2n) is 3.14. The summed E-state index contributed by atoms with van der Waals surface area (Å²) in [5.41, 5.74) is 5.25. The maximum atomic E-state index is 9.54. The van der Waals surface area contributed by atoms with Crippen molar-refractivity contribution >= 4 is 0 Å². The predicted molar refractivity (Wildman–Crippen MR) is 55.2 cm³/mol. The first kappa shape index (κ1) is 11.9. The third-order valence-corrected chi connectivity index (χ3v) is 1.91. The lowest BCUT2D eigenvalue weighted by molar-refractivity contribution is 0.104. The molecule has 0 radical (unpaired) electrons. The minimum atomic E-state index is 0.0614. The highest BCUT2D eigenvalue weighted by Gasteiger charge is 2.14. The molecule has 1 aromatic rings.